The molecule has 0 spiro atoms. The largest absolute Gasteiger partial charge is 0.380 e. The molecule has 0 saturated carbocycles. The molecule has 122 valence electrons. The minimum atomic E-state index is 0.484. The maximum Gasteiger partial charge on any atom is 0.0886 e. The number of ether oxygens (including phenoxy) is 1. The van der Waals surface area contributed by atoms with Crippen LogP contribution in [0, 0.1) is 0 Å². The third kappa shape index (κ3) is 3.89. The molecule has 0 atom stereocenters. The van der Waals surface area contributed by atoms with Gasteiger partial charge < -0.3 is 4.74 Å². The van der Waals surface area contributed by atoms with Crippen LogP contribution in [0.25, 0.3) is 0 Å². The normalized spacial score (nSPS) is 21.4. The summed E-state index contributed by atoms with van der Waals surface area (Å²) in [6.45, 7) is 5.71. The first-order valence-corrected chi connectivity index (χ1v) is 8.94. The van der Waals surface area contributed by atoms with Crippen LogP contribution in [0.2, 0.25) is 0 Å². The lowest BCUT2D eigenvalue weighted by Gasteiger charge is -2.43. The molecular weight excluding hydrogens is 272 g/mol. The molecule has 3 heteroatoms. The van der Waals surface area contributed by atoms with Crippen molar-refractivity contribution in [3.63, 3.8) is 0 Å². The maximum atomic E-state index is 5.24. The van der Waals surface area contributed by atoms with Gasteiger partial charge in [-0.05, 0) is 63.0 Å². The van der Waals surface area contributed by atoms with Gasteiger partial charge in [-0.25, -0.2) is 0 Å². The Hall–Kier alpha value is -0.900. The van der Waals surface area contributed by atoms with Gasteiger partial charge in [0.25, 0.3) is 0 Å². The summed E-state index contributed by atoms with van der Waals surface area (Å²) in [6.07, 6.45) is 8.69. The summed E-state index contributed by atoms with van der Waals surface area (Å²) in [4.78, 5) is 5.42. The van der Waals surface area contributed by atoms with Crippen LogP contribution in [0.3, 0.4) is 0 Å². The van der Waals surface area contributed by atoms with Crippen LogP contribution < -0.4 is 0 Å². The summed E-state index contributed by atoms with van der Waals surface area (Å²) >= 11 is 0. The van der Waals surface area contributed by atoms with Crippen molar-refractivity contribution in [1.82, 2.24) is 9.80 Å². The summed E-state index contributed by atoms with van der Waals surface area (Å²) in [5, 5.41) is 0. The first-order valence-electron chi connectivity index (χ1n) is 8.94. The molecule has 3 nitrogen and oxygen atoms in total. The van der Waals surface area contributed by atoms with E-state index in [4.69, 9.17) is 4.74 Å². The van der Waals surface area contributed by atoms with Crippen LogP contribution in [-0.2, 0) is 11.3 Å². The fraction of sp³-hybridized carbons (Fsp3) is 0.684. The van der Waals surface area contributed by atoms with Crippen LogP contribution in [0.5, 0.6) is 0 Å². The molecule has 2 aliphatic heterocycles. The maximum absolute atomic E-state index is 5.24. The van der Waals surface area contributed by atoms with E-state index in [1.54, 1.807) is 7.11 Å². The third-order valence-corrected chi connectivity index (χ3v) is 5.06. The van der Waals surface area contributed by atoms with E-state index < -0.39 is 0 Å². The minimum absolute atomic E-state index is 0.484. The highest BCUT2D eigenvalue weighted by Crippen LogP contribution is 2.30. The van der Waals surface area contributed by atoms with Crippen molar-refractivity contribution in [2.45, 2.75) is 51.3 Å². The average molecular weight is 302 g/mol. The van der Waals surface area contributed by atoms with Gasteiger partial charge >= 0.3 is 0 Å². The fourth-order valence-corrected chi connectivity index (χ4v) is 3.93. The SMILES string of the molecule is COCc1ccc(C(N2CCCCC2)N2CCCCC2)cc1. The molecule has 22 heavy (non-hydrogen) atoms. The Labute approximate surface area is 135 Å². The number of hydrogen-bond donors (Lipinski definition) is 0. The quantitative estimate of drug-likeness (QED) is 0.823. The van der Waals surface area contributed by atoms with E-state index in [2.05, 4.69) is 34.1 Å². The van der Waals surface area contributed by atoms with E-state index in [0.29, 0.717) is 12.8 Å². The Morgan fingerprint density at radius 2 is 1.32 bits per heavy atom. The molecule has 0 unspecified atom stereocenters. The smallest absolute Gasteiger partial charge is 0.0886 e. The van der Waals surface area contributed by atoms with E-state index in [0.717, 1.165) is 0 Å². The Morgan fingerprint density at radius 1 is 0.818 bits per heavy atom. The van der Waals surface area contributed by atoms with Crippen molar-refractivity contribution in [1.29, 1.82) is 0 Å². The summed E-state index contributed by atoms with van der Waals surface area (Å²) in [5.41, 5.74) is 2.73. The molecule has 0 radical (unpaired) electrons. The Morgan fingerprint density at radius 3 is 1.77 bits per heavy atom. The highest BCUT2D eigenvalue weighted by molar-refractivity contribution is 5.25. The molecule has 3 rings (SSSR count). The Bertz CT molecular complexity index is 415. The van der Waals surface area contributed by atoms with Crippen LogP contribution in [0.4, 0.5) is 0 Å². The number of nitrogens with zero attached hydrogens (tertiary/aromatic N) is 2. The number of hydrogen-bond acceptors (Lipinski definition) is 3. The molecule has 1 aromatic carbocycles. The van der Waals surface area contributed by atoms with Crippen molar-refractivity contribution in [3.8, 4) is 0 Å². The van der Waals surface area contributed by atoms with Crippen LogP contribution in [-0.4, -0.2) is 43.1 Å². The molecule has 0 amide bonds. The minimum Gasteiger partial charge on any atom is -0.380 e. The first-order chi connectivity index (χ1) is 10.9. The number of benzene rings is 1. The lowest BCUT2D eigenvalue weighted by atomic mass is 10.0. The lowest BCUT2D eigenvalue weighted by molar-refractivity contribution is 0.0156. The molecule has 0 aromatic heterocycles. The lowest BCUT2D eigenvalue weighted by Crippen LogP contribution is -2.45. The van der Waals surface area contributed by atoms with Gasteiger partial charge in [0.05, 0.1) is 12.8 Å². The highest BCUT2D eigenvalue weighted by Gasteiger charge is 2.28. The molecule has 1 aromatic rings. The van der Waals surface area contributed by atoms with Crippen LogP contribution >= 0.6 is 0 Å². The van der Waals surface area contributed by atoms with Crippen molar-refractivity contribution in [3.05, 3.63) is 35.4 Å². The van der Waals surface area contributed by atoms with E-state index >= 15 is 0 Å². The molecule has 0 N–H and O–H groups in total. The second-order valence-corrected chi connectivity index (χ2v) is 6.74. The number of likely N-dealkylation sites (tertiary alicyclic amines) is 2. The van der Waals surface area contributed by atoms with Gasteiger partial charge in [0.2, 0.25) is 0 Å². The van der Waals surface area contributed by atoms with Gasteiger partial charge in [0.15, 0.2) is 0 Å². The summed E-state index contributed by atoms with van der Waals surface area (Å²) in [7, 11) is 1.76. The van der Waals surface area contributed by atoms with Crippen molar-refractivity contribution in [2.75, 3.05) is 33.3 Å². The predicted octanol–water partition coefficient (Wildman–Crippen LogP) is 3.80. The summed E-state index contributed by atoms with van der Waals surface area (Å²) in [5.74, 6) is 0. The number of rotatable bonds is 5. The second kappa shape index (κ2) is 8.09. The molecule has 2 fully saturated rings. The summed E-state index contributed by atoms with van der Waals surface area (Å²) < 4.78 is 5.24. The van der Waals surface area contributed by atoms with E-state index in [9.17, 15) is 0 Å². The number of piperidine rings is 2. The first kappa shape index (κ1) is 16.0. The van der Waals surface area contributed by atoms with Crippen LogP contribution in [0.15, 0.2) is 24.3 Å². The molecule has 0 aliphatic carbocycles. The molecule has 0 bridgehead atoms. The zero-order valence-corrected chi connectivity index (χ0v) is 14.0. The third-order valence-electron chi connectivity index (χ3n) is 5.06. The van der Waals surface area contributed by atoms with Gasteiger partial charge in [0, 0.05) is 7.11 Å². The van der Waals surface area contributed by atoms with Crippen molar-refractivity contribution < 1.29 is 4.74 Å². The molecular formula is C19H30N2O. The van der Waals surface area contributed by atoms with E-state index in [1.165, 1.54) is 75.8 Å². The van der Waals surface area contributed by atoms with Gasteiger partial charge in [-0.3, -0.25) is 9.80 Å². The Balaban J connectivity index is 1.79. The molecule has 2 aliphatic rings. The fourth-order valence-electron chi connectivity index (χ4n) is 3.93. The monoisotopic (exact) mass is 302 g/mol. The molecule has 2 heterocycles. The zero-order chi connectivity index (χ0) is 15.2. The van der Waals surface area contributed by atoms with E-state index in [1.807, 2.05) is 0 Å². The zero-order valence-electron chi connectivity index (χ0n) is 14.0. The van der Waals surface area contributed by atoms with Gasteiger partial charge in [-0.2, -0.15) is 0 Å². The van der Waals surface area contributed by atoms with E-state index in [-0.39, 0.29) is 0 Å². The highest BCUT2D eigenvalue weighted by atomic mass is 16.5. The Kier molecular flexibility index (Phi) is 5.88. The van der Waals surface area contributed by atoms with Gasteiger partial charge in [0.1, 0.15) is 0 Å². The average Bonchev–Trinajstić information content (AvgIpc) is 2.59. The van der Waals surface area contributed by atoms with Crippen molar-refractivity contribution in [2.24, 2.45) is 0 Å². The number of methoxy groups -OCH3 is 1. The van der Waals surface area contributed by atoms with Gasteiger partial charge in [-0.1, -0.05) is 37.1 Å². The molecule has 2 saturated heterocycles. The van der Waals surface area contributed by atoms with Crippen LogP contribution in [0.1, 0.15) is 55.8 Å². The topological polar surface area (TPSA) is 15.7 Å². The standard InChI is InChI=1S/C19H30N2O/c1-22-16-17-8-10-18(11-9-17)19(20-12-4-2-5-13-20)21-14-6-3-7-15-21/h8-11,19H,2-7,12-16H2,1H3. The van der Waals surface area contributed by atoms with Crippen molar-refractivity contribution >= 4 is 0 Å². The second-order valence-electron chi connectivity index (χ2n) is 6.74. The predicted molar refractivity (Wildman–Crippen MR) is 90.7 cm³/mol. The summed E-state index contributed by atoms with van der Waals surface area (Å²) in [6, 6.07) is 9.11. The van der Waals surface area contributed by atoms with Gasteiger partial charge in [-0.15, -0.1) is 0 Å².